The third kappa shape index (κ3) is 2.99. The summed E-state index contributed by atoms with van der Waals surface area (Å²) in [6.45, 7) is 0. The van der Waals surface area contributed by atoms with Crippen LogP contribution in [-0.4, -0.2) is 11.1 Å². The van der Waals surface area contributed by atoms with Crippen LogP contribution >= 0.6 is 11.6 Å². The van der Waals surface area contributed by atoms with Gasteiger partial charge in [0.05, 0.1) is 6.42 Å². The number of rotatable bonds is 4. The van der Waals surface area contributed by atoms with E-state index in [0.717, 1.165) is 0 Å². The molecule has 0 saturated carbocycles. The first-order valence-corrected chi connectivity index (χ1v) is 6.26. The van der Waals surface area contributed by atoms with Crippen molar-refractivity contribution in [2.75, 3.05) is 0 Å². The van der Waals surface area contributed by atoms with Gasteiger partial charge in [-0.15, -0.1) is 0 Å². The van der Waals surface area contributed by atoms with Crippen molar-refractivity contribution in [3.05, 3.63) is 70.2 Å². The van der Waals surface area contributed by atoms with Crippen molar-refractivity contribution in [2.45, 2.75) is 12.2 Å². The van der Waals surface area contributed by atoms with Crippen LogP contribution in [-0.2, 0) is 17.0 Å². The molecular formula is C15H11ClO4-2. The van der Waals surface area contributed by atoms with Gasteiger partial charge in [-0.05, 0) is 17.7 Å². The zero-order valence-electron chi connectivity index (χ0n) is 10.4. The number of hydrogen-bond donors (Lipinski definition) is 1. The fourth-order valence-electron chi connectivity index (χ4n) is 1.98. The van der Waals surface area contributed by atoms with Gasteiger partial charge in [0, 0.05) is 5.02 Å². The lowest BCUT2D eigenvalue weighted by Gasteiger charge is -2.50. The van der Waals surface area contributed by atoms with Crippen molar-refractivity contribution in [3.63, 3.8) is 0 Å². The molecule has 0 radical (unpaired) electrons. The summed E-state index contributed by atoms with van der Waals surface area (Å²) in [5, 5.41) is 34.1. The molecule has 0 saturated heterocycles. The minimum absolute atomic E-state index is 0.000242. The molecule has 4 nitrogen and oxygen atoms in total. The Hall–Kier alpha value is -1.88. The van der Waals surface area contributed by atoms with Crippen molar-refractivity contribution in [1.29, 1.82) is 0 Å². The molecule has 0 atom stereocenters. The van der Waals surface area contributed by atoms with Gasteiger partial charge in [-0.1, -0.05) is 59.1 Å². The average Bonchev–Trinajstić information content (AvgIpc) is 2.39. The Labute approximate surface area is 120 Å². The fourth-order valence-corrected chi connectivity index (χ4v) is 2.11. The summed E-state index contributed by atoms with van der Waals surface area (Å²) in [7, 11) is 0. The number of aliphatic carboxylic acids is 1. The van der Waals surface area contributed by atoms with E-state index >= 15 is 0 Å². The van der Waals surface area contributed by atoms with Crippen LogP contribution in [0.4, 0.5) is 0 Å². The quantitative estimate of drug-likeness (QED) is 0.848. The molecule has 0 aromatic heterocycles. The Balaban J connectivity index is 2.48. The molecule has 2 aromatic carbocycles. The molecule has 0 unspecified atom stereocenters. The first-order valence-electron chi connectivity index (χ1n) is 5.88. The number of benzene rings is 2. The normalized spacial score (nSPS) is 11.3. The number of hydrogen-bond acceptors (Lipinski definition) is 3. The zero-order valence-corrected chi connectivity index (χ0v) is 11.1. The highest BCUT2D eigenvalue weighted by Gasteiger charge is 2.14. The summed E-state index contributed by atoms with van der Waals surface area (Å²) >= 11 is 5.73. The molecule has 104 valence electrons. The lowest BCUT2D eigenvalue weighted by atomic mass is 9.92. The number of carbonyl (C=O) groups is 1. The molecule has 0 heterocycles. The van der Waals surface area contributed by atoms with Crippen LogP contribution in [0.3, 0.4) is 0 Å². The first-order chi connectivity index (χ1) is 9.41. The molecule has 5 heteroatoms. The maximum absolute atomic E-state index is 12.4. The second kappa shape index (κ2) is 5.63. The Morgan fingerprint density at radius 2 is 1.70 bits per heavy atom. The molecule has 1 N–H and O–H groups in total. The van der Waals surface area contributed by atoms with Gasteiger partial charge in [0.15, 0.2) is 0 Å². The van der Waals surface area contributed by atoms with E-state index in [4.69, 9.17) is 16.7 Å². The van der Waals surface area contributed by atoms with E-state index < -0.39 is 11.8 Å². The summed E-state index contributed by atoms with van der Waals surface area (Å²) in [5.41, 5.74) is 0.143. The number of carboxylic acid groups (broad SMARTS) is 1. The van der Waals surface area contributed by atoms with Crippen molar-refractivity contribution in [3.8, 4) is 0 Å². The standard InChI is InChI=1S/C15H11ClO4/c16-12-7-5-11(6-8-12)15(19,20)13-4-2-1-3-10(13)9-14(17)18/h1-8H,9H2,(H,17,18)/q-2. The summed E-state index contributed by atoms with van der Waals surface area (Å²) in [6.07, 6.45) is -0.365. The third-order valence-corrected chi connectivity index (χ3v) is 3.19. The summed E-state index contributed by atoms with van der Waals surface area (Å²) in [4.78, 5) is 10.8. The van der Waals surface area contributed by atoms with E-state index in [-0.39, 0.29) is 23.1 Å². The molecule has 0 spiro atoms. The molecule has 0 fully saturated rings. The topological polar surface area (TPSA) is 83.4 Å². The van der Waals surface area contributed by atoms with Crippen molar-refractivity contribution in [1.82, 2.24) is 0 Å². The van der Waals surface area contributed by atoms with E-state index in [9.17, 15) is 15.0 Å². The number of carboxylic acids is 1. The van der Waals surface area contributed by atoms with Crippen LogP contribution in [0.25, 0.3) is 0 Å². The van der Waals surface area contributed by atoms with Crippen molar-refractivity contribution >= 4 is 17.6 Å². The minimum Gasteiger partial charge on any atom is -0.856 e. The molecule has 0 aliphatic rings. The van der Waals surface area contributed by atoms with Gasteiger partial charge in [-0.25, -0.2) is 0 Å². The summed E-state index contributed by atoms with van der Waals surface area (Å²) < 4.78 is 0. The number of halogens is 1. The third-order valence-electron chi connectivity index (χ3n) is 2.94. The molecule has 2 rings (SSSR count). The SMILES string of the molecule is O=C(O)Cc1ccccc1C([O-])([O-])c1ccc(Cl)cc1. The molecule has 0 amide bonds. The van der Waals surface area contributed by atoms with E-state index in [2.05, 4.69) is 0 Å². The molecular weight excluding hydrogens is 280 g/mol. The molecule has 0 bridgehead atoms. The van der Waals surface area contributed by atoms with Crippen molar-refractivity contribution in [2.24, 2.45) is 0 Å². The van der Waals surface area contributed by atoms with E-state index in [1.54, 1.807) is 12.1 Å². The second-order valence-electron chi connectivity index (χ2n) is 4.35. The van der Waals surface area contributed by atoms with Gasteiger partial charge in [-0.2, -0.15) is 5.79 Å². The maximum Gasteiger partial charge on any atom is 0.307 e. The van der Waals surface area contributed by atoms with Crippen LogP contribution in [0, 0.1) is 0 Å². The van der Waals surface area contributed by atoms with Gasteiger partial charge in [0.1, 0.15) is 0 Å². The van der Waals surface area contributed by atoms with Crippen LogP contribution in [0.5, 0.6) is 0 Å². The predicted molar refractivity (Wildman–Crippen MR) is 70.0 cm³/mol. The molecule has 20 heavy (non-hydrogen) atoms. The Morgan fingerprint density at radius 3 is 2.30 bits per heavy atom. The lowest BCUT2D eigenvalue weighted by molar-refractivity contribution is -0.718. The van der Waals surface area contributed by atoms with Crippen LogP contribution in [0.15, 0.2) is 48.5 Å². The van der Waals surface area contributed by atoms with Crippen LogP contribution in [0.1, 0.15) is 16.7 Å². The van der Waals surface area contributed by atoms with Gasteiger partial charge < -0.3 is 15.3 Å². The molecule has 0 aliphatic carbocycles. The Morgan fingerprint density at radius 1 is 1.10 bits per heavy atom. The molecule has 0 aliphatic heterocycles. The zero-order chi connectivity index (χ0) is 14.8. The Kier molecular flexibility index (Phi) is 4.09. The second-order valence-corrected chi connectivity index (χ2v) is 4.79. The van der Waals surface area contributed by atoms with Gasteiger partial charge in [0.2, 0.25) is 0 Å². The average molecular weight is 291 g/mol. The first kappa shape index (κ1) is 14.5. The smallest absolute Gasteiger partial charge is 0.307 e. The summed E-state index contributed by atoms with van der Waals surface area (Å²) in [5.74, 6) is -3.86. The van der Waals surface area contributed by atoms with Gasteiger partial charge >= 0.3 is 5.97 Å². The Bertz CT molecular complexity index is 620. The highest BCUT2D eigenvalue weighted by molar-refractivity contribution is 6.30. The van der Waals surface area contributed by atoms with Crippen molar-refractivity contribution < 1.29 is 20.1 Å². The molecule has 2 aromatic rings. The maximum atomic E-state index is 12.4. The summed E-state index contributed by atoms with van der Waals surface area (Å²) in [6, 6.07) is 11.6. The van der Waals surface area contributed by atoms with Gasteiger partial charge in [-0.3, -0.25) is 4.79 Å². The lowest BCUT2D eigenvalue weighted by Crippen LogP contribution is -2.54. The van der Waals surface area contributed by atoms with E-state index in [1.807, 2.05) is 0 Å². The monoisotopic (exact) mass is 290 g/mol. The predicted octanol–water partition coefficient (Wildman–Crippen LogP) is 0.889. The van der Waals surface area contributed by atoms with E-state index in [1.165, 1.54) is 36.4 Å². The minimum atomic E-state index is -2.77. The van der Waals surface area contributed by atoms with E-state index in [0.29, 0.717) is 5.02 Å². The largest absolute Gasteiger partial charge is 0.856 e. The highest BCUT2D eigenvalue weighted by atomic mass is 35.5. The fraction of sp³-hybridized carbons (Fsp3) is 0.133. The highest BCUT2D eigenvalue weighted by Crippen LogP contribution is 2.25. The van der Waals surface area contributed by atoms with Crippen LogP contribution < -0.4 is 10.2 Å². The van der Waals surface area contributed by atoms with Gasteiger partial charge in [0.25, 0.3) is 0 Å². The van der Waals surface area contributed by atoms with Crippen LogP contribution in [0.2, 0.25) is 5.02 Å².